The van der Waals surface area contributed by atoms with Gasteiger partial charge >= 0.3 is 0 Å². The largest absolute Gasteiger partial charge is 0.0795 e. The van der Waals surface area contributed by atoms with Gasteiger partial charge in [0.05, 0.1) is 0 Å². The highest BCUT2D eigenvalue weighted by Gasteiger charge is 2.14. The second-order valence-electron chi connectivity index (χ2n) is 9.03. The fourth-order valence-electron chi connectivity index (χ4n) is 5.10. The second-order valence-corrected chi connectivity index (χ2v) is 9.03. The molecule has 150 valence electrons. The molecule has 0 spiro atoms. The third-order valence-electron chi connectivity index (χ3n) is 6.81. The normalized spacial score (nSPS) is 21.3. The smallest absolute Gasteiger partial charge is 0.00853 e. The van der Waals surface area contributed by atoms with Crippen molar-refractivity contribution in [2.75, 3.05) is 0 Å². The van der Waals surface area contributed by atoms with Gasteiger partial charge in [0.25, 0.3) is 0 Å². The van der Waals surface area contributed by atoms with Crippen LogP contribution in [0.2, 0.25) is 0 Å². The van der Waals surface area contributed by atoms with E-state index in [0.717, 1.165) is 0 Å². The van der Waals surface area contributed by atoms with E-state index in [0.29, 0.717) is 0 Å². The van der Waals surface area contributed by atoms with Crippen molar-refractivity contribution < 1.29 is 0 Å². The lowest BCUT2D eigenvalue weighted by Gasteiger charge is -2.15. The first-order chi connectivity index (χ1) is 13.4. The van der Waals surface area contributed by atoms with Crippen LogP contribution in [-0.4, -0.2) is 0 Å². The maximum Gasteiger partial charge on any atom is -0.00853 e. The summed E-state index contributed by atoms with van der Waals surface area (Å²) < 4.78 is 0. The van der Waals surface area contributed by atoms with Crippen molar-refractivity contribution >= 4 is 6.08 Å². The van der Waals surface area contributed by atoms with Crippen molar-refractivity contribution in [3.05, 3.63) is 40.5 Å². The molecule has 0 fully saturated rings. The number of benzene rings is 1. The van der Waals surface area contributed by atoms with Crippen LogP contribution in [0, 0.1) is 0 Å². The molecule has 1 aromatic rings. The maximum atomic E-state index is 2.45. The van der Waals surface area contributed by atoms with Crippen LogP contribution < -0.4 is 0 Å². The highest BCUT2D eigenvalue weighted by atomic mass is 14.2. The quantitative estimate of drug-likeness (QED) is 0.431. The molecule has 0 saturated carbocycles. The minimum atomic E-state index is 1.18. The average molecular weight is 367 g/mol. The molecule has 0 aromatic heterocycles. The number of rotatable bonds is 0. The van der Waals surface area contributed by atoms with Gasteiger partial charge in [-0.05, 0) is 54.4 Å². The van der Waals surface area contributed by atoms with E-state index in [4.69, 9.17) is 0 Å². The lowest BCUT2D eigenvalue weighted by Crippen LogP contribution is -2.01. The highest BCUT2D eigenvalue weighted by molar-refractivity contribution is 5.63. The summed E-state index contributed by atoms with van der Waals surface area (Å²) in [5, 5.41) is 0. The summed E-state index contributed by atoms with van der Waals surface area (Å²) >= 11 is 0. The van der Waals surface area contributed by atoms with Gasteiger partial charge in [0.2, 0.25) is 0 Å². The van der Waals surface area contributed by atoms with Crippen LogP contribution in [0.4, 0.5) is 0 Å². The zero-order valence-electron chi connectivity index (χ0n) is 17.7. The zero-order valence-corrected chi connectivity index (χ0v) is 17.7. The lowest BCUT2D eigenvalue weighted by atomic mass is 9.90. The van der Waals surface area contributed by atoms with Gasteiger partial charge < -0.3 is 0 Å². The molecule has 0 saturated heterocycles. The predicted molar refractivity (Wildman–Crippen MR) is 120 cm³/mol. The number of allylic oxidation sites excluding steroid dienone is 1. The van der Waals surface area contributed by atoms with Crippen LogP contribution in [0.15, 0.2) is 18.2 Å². The Morgan fingerprint density at radius 2 is 0.926 bits per heavy atom. The minimum Gasteiger partial charge on any atom is -0.0795 e. The summed E-state index contributed by atoms with van der Waals surface area (Å²) in [4.78, 5) is 0. The summed E-state index contributed by atoms with van der Waals surface area (Å²) in [6, 6.07) is 4.84. The predicted octanol–water partition coefficient (Wildman–Crippen LogP) is 8.60. The van der Waals surface area contributed by atoms with Crippen molar-refractivity contribution in [2.45, 2.75) is 122 Å². The van der Waals surface area contributed by atoms with Crippen LogP contribution >= 0.6 is 0 Å². The van der Waals surface area contributed by atoms with Gasteiger partial charge in [-0.15, -0.1) is 0 Å². The minimum absolute atomic E-state index is 1.18. The second kappa shape index (κ2) is 12.4. The first-order valence-corrected chi connectivity index (χ1v) is 12.3. The van der Waals surface area contributed by atoms with E-state index in [1.165, 1.54) is 128 Å². The van der Waals surface area contributed by atoms with Gasteiger partial charge in [0.1, 0.15) is 0 Å². The summed E-state index contributed by atoms with van der Waals surface area (Å²) in [6.45, 7) is 0. The average Bonchev–Trinajstić information content (AvgIpc) is 3.16. The van der Waals surface area contributed by atoms with E-state index in [1.807, 2.05) is 0 Å². The number of hydrogen-bond acceptors (Lipinski definition) is 0. The van der Waals surface area contributed by atoms with Crippen molar-refractivity contribution in [1.82, 2.24) is 0 Å². The Morgan fingerprint density at radius 1 is 0.444 bits per heavy atom. The molecule has 0 heteroatoms. The molecular formula is C27H42. The van der Waals surface area contributed by atoms with Crippen molar-refractivity contribution in [2.24, 2.45) is 0 Å². The molecule has 2 aliphatic rings. The van der Waals surface area contributed by atoms with Gasteiger partial charge in [0.15, 0.2) is 0 Å². The van der Waals surface area contributed by atoms with Crippen LogP contribution in [-0.2, 0) is 19.3 Å². The molecule has 0 bridgehead atoms. The number of hydrogen-bond donors (Lipinski definition) is 0. The van der Waals surface area contributed by atoms with E-state index in [1.54, 1.807) is 16.7 Å². The molecule has 0 heterocycles. The van der Waals surface area contributed by atoms with E-state index >= 15 is 0 Å². The number of fused-ring (bicyclic) bond motifs is 3. The summed E-state index contributed by atoms with van der Waals surface area (Å²) in [6.07, 6.45) is 31.8. The molecule has 0 amide bonds. The molecule has 27 heavy (non-hydrogen) atoms. The fraction of sp³-hybridized carbons (Fsp3) is 0.704. The molecule has 0 N–H and O–H groups in total. The molecule has 0 unspecified atom stereocenters. The molecule has 0 atom stereocenters. The standard InChI is InChI=1S/C27H42/c1-2-4-6-8-10-12-14-16-20-26-24(18-15-13-11-9-7-5-3-1)22-23-25-19-17-21-27(25)26/h17,19,22-23H,1-16,18,20-21H2. The molecule has 2 aliphatic carbocycles. The topological polar surface area (TPSA) is 0 Å². The molecule has 0 radical (unpaired) electrons. The Balaban J connectivity index is 1.54. The van der Waals surface area contributed by atoms with Crippen LogP contribution in [0.5, 0.6) is 0 Å². The molecule has 0 aliphatic heterocycles. The van der Waals surface area contributed by atoms with Gasteiger partial charge in [0, 0.05) is 0 Å². The van der Waals surface area contributed by atoms with E-state index < -0.39 is 0 Å². The van der Waals surface area contributed by atoms with E-state index in [9.17, 15) is 0 Å². The summed E-state index contributed by atoms with van der Waals surface area (Å²) in [5.41, 5.74) is 6.57. The van der Waals surface area contributed by atoms with Gasteiger partial charge in [-0.3, -0.25) is 0 Å². The monoisotopic (exact) mass is 366 g/mol. The maximum absolute atomic E-state index is 2.45. The van der Waals surface area contributed by atoms with Crippen molar-refractivity contribution in [1.29, 1.82) is 0 Å². The van der Waals surface area contributed by atoms with E-state index in [2.05, 4.69) is 24.3 Å². The summed E-state index contributed by atoms with van der Waals surface area (Å²) in [5.74, 6) is 0. The number of aryl methyl sites for hydroxylation is 1. The van der Waals surface area contributed by atoms with E-state index in [-0.39, 0.29) is 0 Å². The van der Waals surface area contributed by atoms with Gasteiger partial charge in [-0.25, -0.2) is 0 Å². The molecule has 0 nitrogen and oxygen atoms in total. The Morgan fingerprint density at radius 3 is 1.48 bits per heavy atom. The lowest BCUT2D eigenvalue weighted by molar-refractivity contribution is 0.526. The van der Waals surface area contributed by atoms with Crippen molar-refractivity contribution in [3.63, 3.8) is 0 Å². The third-order valence-corrected chi connectivity index (χ3v) is 6.81. The molecule has 1 aromatic carbocycles. The first kappa shape index (κ1) is 20.7. The third kappa shape index (κ3) is 7.13. The highest BCUT2D eigenvalue weighted by Crippen LogP contribution is 2.29. The Kier molecular flexibility index (Phi) is 9.52. The van der Waals surface area contributed by atoms with Crippen LogP contribution in [0.1, 0.15) is 125 Å². The SMILES string of the molecule is C1=Cc2ccc3c(c2C1)CCCCCCCCCCCCCCCCCC3. The van der Waals surface area contributed by atoms with Crippen LogP contribution in [0.25, 0.3) is 6.08 Å². The zero-order chi connectivity index (χ0) is 18.6. The van der Waals surface area contributed by atoms with Crippen molar-refractivity contribution in [3.8, 4) is 0 Å². The first-order valence-electron chi connectivity index (χ1n) is 12.3. The summed E-state index contributed by atoms with van der Waals surface area (Å²) in [7, 11) is 0. The fourth-order valence-corrected chi connectivity index (χ4v) is 5.10. The van der Waals surface area contributed by atoms with Crippen LogP contribution in [0.3, 0.4) is 0 Å². The Labute approximate surface area is 168 Å². The van der Waals surface area contributed by atoms with Gasteiger partial charge in [-0.1, -0.05) is 114 Å². The molecular weight excluding hydrogens is 324 g/mol. The molecule has 3 rings (SSSR count). The Bertz CT molecular complexity index is 566. The Hall–Kier alpha value is -1.04. The van der Waals surface area contributed by atoms with Gasteiger partial charge in [-0.2, -0.15) is 0 Å².